The molecule has 0 bridgehead atoms. The number of ether oxygens (including phenoxy) is 3. The second-order valence-electron chi connectivity index (χ2n) is 8.90. The van der Waals surface area contributed by atoms with Gasteiger partial charge in [-0.1, -0.05) is 23.5 Å². The van der Waals surface area contributed by atoms with Gasteiger partial charge in [0, 0.05) is 11.1 Å². The quantitative estimate of drug-likeness (QED) is 0.0666. The van der Waals surface area contributed by atoms with Crippen LogP contribution in [0.2, 0.25) is 0 Å². The van der Waals surface area contributed by atoms with Gasteiger partial charge in [0.15, 0.2) is 24.5 Å². The molecule has 0 aromatic carbocycles. The molecule has 0 saturated heterocycles. The van der Waals surface area contributed by atoms with Crippen molar-refractivity contribution in [3.63, 3.8) is 0 Å². The van der Waals surface area contributed by atoms with Gasteiger partial charge in [-0.3, -0.25) is 19.3 Å². The summed E-state index contributed by atoms with van der Waals surface area (Å²) < 4.78 is 66.2. The van der Waals surface area contributed by atoms with E-state index >= 15 is 0 Å². The third kappa shape index (κ3) is 10.2. The van der Waals surface area contributed by atoms with E-state index < -0.39 is 127 Å². The number of aliphatic carboxylic acids is 2. The van der Waals surface area contributed by atoms with Crippen LogP contribution in [0.1, 0.15) is 0 Å². The van der Waals surface area contributed by atoms with E-state index in [9.17, 15) is 66.8 Å². The fourth-order valence-corrected chi connectivity index (χ4v) is 4.74. The van der Waals surface area contributed by atoms with Gasteiger partial charge in [-0.15, -0.1) is 0 Å². The average molecular weight is 709 g/mol. The van der Waals surface area contributed by atoms with Gasteiger partial charge in [0.2, 0.25) is 11.8 Å². The molecular weight excluding hydrogens is 680 g/mol. The molecule has 258 valence electrons. The zero-order chi connectivity index (χ0) is 34.7. The fourth-order valence-electron chi connectivity index (χ4n) is 4.02. The van der Waals surface area contributed by atoms with Crippen molar-refractivity contribution in [3.05, 3.63) is 22.5 Å². The first-order chi connectivity index (χ1) is 21.7. The van der Waals surface area contributed by atoms with Gasteiger partial charge in [-0.2, -0.15) is 17.6 Å². The van der Waals surface area contributed by atoms with Gasteiger partial charge in [0.05, 0.1) is 45.0 Å². The van der Waals surface area contributed by atoms with Crippen LogP contribution in [-0.2, 0) is 43.0 Å². The Labute approximate surface area is 264 Å². The number of aliphatic hydroxyl groups is 2. The summed E-state index contributed by atoms with van der Waals surface area (Å²) in [7, 11) is 0.957. The van der Waals surface area contributed by atoms with Crippen LogP contribution in [0.4, 0.5) is 17.6 Å². The normalized spacial score (nSPS) is 19.8. The lowest BCUT2D eigenvalue weighted by molar-refractivity contribution is -0.169. The highest BCUT2D eigenvalue weighted by atomic mass is 32.2. The number of esters is 1. The summed E-state index contributed by atoms with van der Waals surface area (Å²) >= 11 is -0.353. The van der Waals surface area contributed by atoms with Crippen LogP contribution in [0, 0.1) is 0 Å². The van der Waals surface area contributed by atoms with Gasteiger partial charge < -0.3 is 50.6 Å². The molecule has 7 N–H and O–H groups in total. The maximum atomic E-state index is 14.2. The third-order valence-corrected chi connectivity index (χ3v) is 7.34. The molecule has 0 spiro atoms. The number of nitrogens with zero attached hydrogens (tertiary/aromatic N) is 1. The summed E-state index contributed by atoms with van der Waals surface area (Å²) in [5, 5.41) is 45.5. The molecule has 3 amide bonds. The molecule has 0 aromatic heterocycles. The molecule has 46 heavy (non-hydrogen) atoms. The zero-order valence-corrected chi connectivity index (χ0v) is 25.1. The van der Waals surface area contributed by atoms with Crippen molar-refractivity contribution in [3.8, 4) is 0 Å². The first-order valence-corrected chi connectivity index (χ1v) is 14.7. The van der Waals surface area contributed by atoms with Crippen LogP contribution in [0.5, 0.6) is 0 Å². The van der Waals surface area contributed by atoms with Gasteiger partial charge in [0.25, 0.3) is 17.4 Å². The molecule has 23 heteroatoms. The molecule has 0 fully saturated rings. The zero-order valence-electron chi connectivity index (χ0n) is 23.4. The molecule has 2 heterocycles. The molecule has 2 aliphatic rings. The molecule has 4 atom stereocenters. The van der Waals surface area contributed by atoms with Crippen molar-refractivity contribution in [1.29, 1.82) is 0 Å². The van der Waals surface area contributed by atoms with E-state index in [4.69, 9.17) is 9.47 Å². The van der Waals surface area contributed by atoms with E-state index in [0.717, 1.165) is 7.11 Å². The first-order valence-electron chi connectivity index (χ1n) is 12.6. The summed E-state index contributed by atoms with van der Waals surface area (Å²) in [5.74, 6) is -17.1. The van der Waals surface area contributed by atoms with E-state index in [2.05, 4.69) is 10.1 Å². The standard InChI is InChI=1S/C23H28F4N4O13S2/c1-42-21(41)12-8(2-32)4-43-16(30-12)13(28-10(34)6-45-22(24)25)17(36)31-15(20(39)40)9(3-33)5-44-18(31)14(19(37)38)29-11(35)7-46-23(26)27/h13-14,16,18,22-23,30,32-33H,2-7H2,1H3,(H,28,34)(H,29,35)(H,37,38)(H,39,40)/t13-,14+,16+,18+/m0/s1. The van der Waals surface area contributed by atoms with Crippen LogP contribution in [-0.4, -0.2) is 142 Å². The largest absolute Gasteiger partial charge is 0.480 e. The van der Waals surface area contributed by atoms with Crippen molar-refractivity contribution in [1.82, 2.24) is 20.9 Å². The lowest BCUT2D eigenvalue weighted by Crippen LogP contribution is -2.67. The number of halogens is 4. The number of methoxy groups -OCH3 is 1. The molecular formula is C23H28F4N4O13S2. The maximum absolute atomic E-state index is 14.2. The topological polar surface area (TPSA) is 250 Å². The van der Waals surface area contributed by atoms with Crippen LogP contribution in [0.25, 0.3) is 0 Å². The molecule has 0 unspecified atom stereocenters. The van der Waals surface area contributed by atoms with Crippen LogP contribution in [0.3, 0.4) is 0 Å². The van der Waals surface area contributed by atoms with Crippen molar-refractivity contribution >= 4 is 59.2 Å². The van der Waals surface area contributed by atoms with E-state index in [1.54, 1.807) is 0 Å². The number of nitrogens with one attached hydrogen (secondary N) is 3. The second kappa shape index (κ2) is 17.9. The monoisotopic (exact) mass is 708 g/mol. The number of rotatable bonds is 16. The number of carboxylic acid groups (broad SMARTS) is 2. The van der Waals surface area contributed by atoms with Crippen molar-refractivity contribution in [2.24, 2.45) is 0 Å². The number of hydrogen-bond donors (Lipinski definition) is 7. The average Bonchev–Trinajstić information content (AvgIpc) is 3.02. The lowest BCUT2D eigenvalue weighted by Gasteiger charge is -2.42. The summed E-state index contributed by atoms with van der Waals surface area (Å²) in [5.41, 5.74) is -2.14. The Hall–Kier alpha value is -3.64. The van der Waals surface area contributed by atoms with Crippen molar-refractivity contribution in [2.45, 2.75) is 36.1 Å². The maximum Gasteiger partial charge on any atom is 0.354 e. The van der Waals surface area contributed by atoms with E-state index in [-0.39, 0.29) is 34.0 Å². The predicted octanol–water partition coefficient (Wildman–Crippen LogP) is -2.17. The van der Waals surface area contributed by atoms with Gasteiger partial charge in [-0.05, 0) is 0 Å². The molecule has 0 radical (unpaired) electrons. The highest BCUT2D eigenvalue weighted by Crippen LogP contribution is 2.28. The minimum atomic E-state index is -3.04. The molecule has 2 rings (SSSR count). The Morgan fingerprint density at radius 3 is 1.89 bits per heavy atom. The smallest absolute Gasteiger partial charge is 0.354 e. The highest BCUT2D eigenvalue weighted by Gasteiger charge is 2.49. The molecule has 2 aliphatic heterocycles. The number of thioether (sulfide) groups is 2. The van der Waals surface area contributed by atoms with Crippen LogP contribution in [0.15, 0.2) is 22.5 Å². The predicted molar refractivity (Wildman–Crippen MR) is 146 cm³/mol. The number of alkyl halides is 4. The second-order valence-corrected chi connectivity index (χ2v) is 10.9. The molecule has 0 aliphatic carbocycles. The van der Waals surface area contributed by atoms with Crippen LogP contribution < -0.4 is 16.0 Å². The Bertz CT molecular complexity index is 1260. The molecule has 0 aromatic rings. The van der Waals surface area contributed by atoms with E-state index in [0.29, 0.717) is 0 Å². The Morgan fingerprint density at radius 2 is 1.43 bits per heavy atom. The Kier molecular flexibility index (Phi) is 15.0. The Balaban J connectivity index is 2.67. The lowest BCUT2D eigenvalue weighted by atomic mass is 10.0. The number of amides is 3. The number of carbonyl (C=O) groups is 6. The summed E-state index contributed by atoms with van der Waals surface area (Å²) in [6.07, 6.45) is -4.14. The van der Waals surface area contributed by atoms with E-state index in [1.165, 1.54) is 0 Å². The highest BCUT2D eigenvalue weighted by molar-refractivity contribution is 8.00. The van der Waals surface area contributed by atoms with Crippen LogP contribution >= 0.6 is 23.5 Å². The SMILES string of the molecule is COC(=O)C1=C(CO)CO[C@H]([C@H](NC(=O)CSC(F)F)C(=O)N2C(C(=O)O)=C(CO)CO[C@@H]2[C@@H](NC(=O)CSC(F)F)C(=O)O)N1. The summed E-state index contributed by atoms with van der Waals surface area (Å²) in [6.45, 7) is -3.24. The summed E-state index contributed by atoms with van der Waals surface area (Å²) in [6, 6.07) is -4.54. The number of carbonyl (C=O) groups excluding carboxylic acids is 4. The van der Waals surface area contributed by atoms with Gasteiger partial charge in [0.1, 0.15) is 11.4 Å². The van der Waals surface area contributed by atoms with Gasteiger partial charge >= 0.3 is 17.9 Å². The molecule has 0 saturated carbocycles. The summed E-state index contributed by atoms with van der Waals surface area (Å²) in [4.78, 5) is 76.2. The Morgan fingerprint density at radius 1 is 0.913 bits per heavy atom. The van der Waals surface area contributed by atoms with Gasteiger partial charge in [-0.25, -0.2) is 14.4 Å². The number of carboxylic acids is 2. The third-order valence-electron chi connectivity index (χ3n) is 5.98. The van der Waals surface area contributed by atoms with Crippen molar-refractivity contribution < 1.29 is 81.0 Å². The number of aliphatic hydroxyl groups excluding tert-OH is 2. The number of hydrogen-bond acceptors (Lipinski definition) is 14. The van der Waals surface area contributed by atoms with Crippen molar-refractivity contribution in [2.75, 3.05) is 45.0 Å². The minimum absolute atomic E-state index is 0.0999. The molecule has 17 nitrogen and oxygen atoms in total. The fraction of sp³-hybridized carbons (Fsp3) is 0.565. The minimum Gasteiger partial charge on any atom is -0.480 e. The van der Waals surface area contributed by atoms with E-state index in [1.807, 2.05) is 10.6 Å². The first kappa shape index (κ1) is 38.5.